The molecule has 0 amide bonds. The molecule has 1 aromatic carbocycles. The van der Waals surface area contributed by atoms with Crippen molar-refractivity contribution < 1.29 is 5.11 Å². The Morgan fingerprint density at radius 3 is 2.94 bits per heavy atom. The van der Waals surface area contributed by atoms with Crippen molar-refractivity contribution in [3.8, 4) is 10.6 Å². The summed E-state index contributed by atoms with van der Waals surface area (Å²) in [5.41, 5.74) is 2.00. The Balaban J connectivity index is 2.08. The molecule has 0 radical (unpaired) electrons. The molecule has 1 heterocycles. The standard InChI is InChI=1S/C13H12ClNOS/c14-9-5-2-1-4-8(9)13-15-10-6-3-7-11(16)12(10)17-13/h1-2,4-5,11,16H,3,6-7H2. The van der Waals surface area contributed by atoms with Crippen LogP contribution in [0.1, 0.15) is 29.5 Å². The Morgan fingerprint density at radius 1 is 1.35 bits per heavy atom. The maximum atomic E-state index is 9.93. The molecular formula is C13H12ClNOS. The predicted molar refractivity (Wildman–Crippen MR) is 70.5 cm³/mol. The van der Waals surface area contributed by atoms with Crippen molar-refractivity contribution in [3.05, 3.63) is 39.9 Å². The average Bonchev–Trinajstić information content (AvgIpc) is 2.75. The van der Waals surface area contributed by atoms with Gasteiger partial charge in [-0.25, -0.2) is 4.98 Å². The summed E-state index contributed by atoms with van der Waals surface area (Å²) in [6, 6.07) is 7.71. The molecule has 1 atom stereocenters. The highest BCUT2D eigenvalue weighted by Gasteiger charge is 2.23. The molecule has 1 N–H and O–H groups in total. The van der Waals surface area contributed by atoms with Crippen LogP contribution in [0, 0.1) is 0 Å². The number of nitrogens with zero attached hydrogens (tertiary/aromatic N) is 1. The van der Waals surface area contributed by atoms with Gasteiger partial charge in [0, 0.05) is 5.56 Å². The van der Waals surface area contributed by atoms with Crippen LogP contribution >= 0.6 is 22.9 Å². The van der Waals surface area contributed by atoms with E-state index >= 15 is 0 Å². The van der Waals surface area contributed by atoms with Crippen LogP contribution in [-0.2, 0) is 6.42 Å². The number of halogens is 1. The first kappa shape index (κ1) is 11.2. The van der Waals surface area contributed by atoms with Crippen LogP contribution in [-0.4, -0.2) is 10.1 Å². The number of benzene rings is 1. The summed E-state index contributed by atoms with van der Waals surface area (Å²) in [5.74, 6) is 0. The number of aromatic nitrogens is 1. The second-order valence-corrected chi connectivity index (χ2v) is 5.66. The normalized spacial score (nSPS) is 19.1. The Kier molecular flexibility index (Phi) is 2.90. The summed E-state index contributed by atoms with van der Waals surface area (Å²) >= 11 is 7.73. The Hall–Kier alpha value is -0.900. The fourth-order valence-electron chi connectivity index (χ4n) is 2.15. The van der Waals surface area contributed by atoms with Gasteiger partial charge in [-0.1, -0.05) is 29.8 Å². The minimum absolute atomic E-state index is 0.340. The predicted octanol–water partition coefficient (Wildman–Crippen LogP) is 3.83. The zero-order valence-electron chi connectivity index (χ0n) is 9.19. The molecule has 0 bridgehead atoms. The molecule has 0 fully saturated rings. The molecule has 0 aliphatic heterocycles. The molecule has 1 unspecified atom stereocenters. The zero-order valence-corrected chi connectivity index (χ0v) is 10.8. The third-order valence-electron chi connectivity index (χ3n) is 3.03. The number of aliphatic hydroxyl groups excluding tert-OH is 1. The van der Waals surface area contributed by atoms with E-state index in [4.69, 9.17) is 11.6 Å². The van der Waals surface area contributed by atoms with Crippen molar-refractivity contribution in [2.24, 2.45) is 0 Å². The van der Waals surface area contributed by atoms with Crippen molar-refractivity contribution in [1.29, 1.82) is 0 Å². The summed E-state index contributed by atoms with van der Waals surface area (Å²) < 4.78 is 0. The van der Waals surface area contributed by atoms with E-state index in [9.17, 15) is 5.11 Å². The topological polar surface area (TPSA) is 33.1 Å². The minimum atomic E-state index is -0.340. The third-order valence-corrected chi connectivity index (χ3v) is 4.59. The number of aryl methyl sites for hydroxylation is 1. The number of thiazole rings is 1. The van der Waals surface area contributed by atoms with Crippen molar-refractivity contribution >= 4 is 22.9 Å². The van der Waals surface area contributed by atoms with Gasteiger partial charge < -0.3 is 5.11 Å². The lowest BCUT2D eigenvalue weighted by Crippen LogP contribution is -2.06. The first-order valence-corrected chi connectivity index (χ1v) is 6.87. The second-order valence-electron chi connectivity index (χ2n) is 4.22. The fourth-order valence-corrected chi connectivity index (χ4v) is 3.60. The lowest BCUT2D eigenvalue weighted by Gasteiger charge is -2.14. The van der Waals surface area contributed by atoms with Crippen molar-refractivity contribution in [2.75, 3.05) is 0 Å². The first-order valence-electron chi connectivity index (χ1n) is 5.68. The van der Waals surface area contributed by atoms with E-state index in [1.807, 2.05) is 24.3 Å². The van der Waals surface area contributed by atoms with Crippen LogP contribution in [0.25, 0.3) is 10.6 Å². The molecule has 17 heavy (non-hydrogen) atoms. The summed E-state index contributed by atoms with van der Waals surface area (Å²) in [7, 11) is 0. The number of fused-ring (bicyclic) bond motifs is 1. The highest BCUT2D eigenvalue weighted by Crippen LogP contribution is 2.39. The molecule has 2 nitrogen and oxygen atoms in total. The number of hydrogen-bond acceptors (Lipinski definition) is 3. The summed E-state index contributed by atoms with van der Waals surface area (Å²) in [4.78, 5) is 5.63. The molecule has 2 aromatic rings. The lowest BCUT2D eigenvalue weighted by atomic mass is 10.0. The maximum absolute atomic E-state index is 9.93. The molecule has 0 spiro atoms. The fraction of sp³-hybridized carbons (Fsp3) is 0.308. The van der Waals surface area contributed by atoms with Gasteiger partial charge >= 0.3 is 0 Å². The van der Waals surface area contributed by atoms with Crippen molar-refractivity contribution in [3.63, 3.8) is 0 Å². The Morgan fingerprint density at radius 2 is 2.18 bits per heavy atom. The van der Waals surface area contributed by atoms with E-state index in [-0.39, 0.29) is 6.10 Å². The smallest absolute Gasteiger partial charge is 0.125 e. The minimum Gasteiger partial charge on any atom is -0.388 e. The highest BCUT2D eigenvalue weighted by atomic mass is 35.5. The number of aliphatic hydroxyl groups is 1. The molecule has 0 saturated carbocycles. The Labute approximate surface area is 109 Å². The molecule has 1 aliphatic carbocycles. The van der Waals surface area contributed by atoms with Gasteiger partial charge in [0.05, 0.1) is 21.7 Å². The quantitative estimate of drug-likeness (QED) is 0.850. The van der Waals surface area contributed by atoms with Gasteiger partial charge in [-0.2, -0.15) is 0 Å². The van der Waals surface area contributed by atoms with E-state index in [0.717, 1.165) is 40.4 Å². The zero-order chi connectivity index (χ0) is 11.8. The van der Waals surface area contributed by atoms with Crippen LogP contribution in [0.4, 0.5) is 0 Å². The second kappa shape index (κ2) is 4.41. The molecule has 88 valence electrons. The SMILES string of the molecule is OC1CCCc2nc(-c3ccccc3Cl)sc21. The molecule has 1 aromatic heterocycles. The van der Waals surface area contributed by atoms with Gasteiger partial charge in [0.15, 0.2) is 0 Å². The van der Waals surface area contributed by atoms with Crippen LogP contribution < -0.4 is 0 Å². The molecule has 0 saturated heterocycles. The molecule has 3 rings (SSSR count). The van der Waals surface area contributed by atoms with Gasteiger partial charge in [-0.3, -0.25) is 0 Å². The van der Waals surface area contributed by atoms with Crippen LogP contribution in [0.2, 0.25) is 5.02 Å². The van der Waals surface area contributed by atoms with Gasteiger partial charge in [0.1, 0.15) is 5.01 Å². The van der Waals surface area contributed by atoms with Gasteiger partial charge in [-0.15, -0.1) is 11.3 Å². The molecular weight excluding hydrogens is 254 g/mol. The van der Waals surface area contributed by atoms with E-state index in [1.165, 1.54) is 0 Å². The summed E-state index contributed by atoms with van der Waals surface area (Å²) in [6.07, 6.45) is 2.48. The number of hydrogen-bond donors (Lipinski definition) is 1. The monoisotopic (exact) mass is 265 g/mol. The highest BCUT2D eigenvalue weighted by molar-refractivity contribution is 7.15. The van der Waals surface area contributed by atoms with Crippen LogP contribution in [0.5, 0.6) is 0 Å². The molecule has 4 heteroatoms. The van der Waals surface area contributed by atoms with E-state index < -0.39 is 0 Å². The lowest BCUT2D eigenvalue weighted by molar-refractivity contribution is 0.160. The van der Waals surface area contributed by atoms with Crippen LogP contribution in [0.3, 0.4) is 0 Å². The largest absolute Gasteiger partial charge is 0.388 e. The maximum Gasteiger partial charge on any atom is 0.125 e. The molecule has 1 aliphatic rings. The van der Waals surface area contributed by atoms with E-state index in [2.05, 4.69) is 4.98 Å². The van der Waals surface area contributed by atoms with Gasteiger partial charge in [-0.05, 0) is 25.3 Å². The first-order chi connectivity index (χ1) is 8.25. The summed E-state index contributed by atoms with van der Waals surface area (Å²) in [5, 5.41) is 11.6. The average molecular weight is 266 g/mol. The van der Waals surface area contributed by atoms with Crippen LogP contribution in [0.15, 0.2) is 24.3 Å². The van der Waals surface area contributed by atoms with E-state index in [1.54, 1.807) is 11.3 Å². The van der Waals surface area contributed by atoms with E-state index in [0.29, 0.717) is 5.02 Å². The number of rotatable bonds is 1. The van der Waals surface area contributed by atoms with Gasteiger partial charge in [0.2, 0.25) is 0 Å². The van der Waals surface area contributed by atoms with Crippen molar-refractivity contribution in [1.82, 2.24) is 4.98 Å². The third kappa shape index (κ3) is 1.99. The Bertz CT molecular complexity index is 552. The van der Waals surface area contributed by atoms with Gasteiger partial charge in [0.25, 0.3) is 0 Å². The summed E-state index contributed by atoms with van der Waals surface area (Å²) in [6.45, 7) is 0. The van der Waals surface area contributed by atoms with Crippen molar-refractivity contribution in [2.45, 2.75) is 25.4 Å².